The van der Waals surface area contributed by atoms with Gasteiger partial charge in [-0.1, -0.05) is 35.5 Å². The molecule has 0 spiro atoms. The van der Waals surface area contributed by atoms with Gasteiger partial charge in [0, 0.05) is 11.8 Å². The van der Waals surface area contributed by atoms with Crippen LogP contribution in [-0.4, -0.2) is 27.5 Å². The molecule has 5 rings (SSSR count). The third-order valence-corrected chi connectivity index (χ3v) is 6.54. The number of carbonyl (C=O) groups excluding carboxylic acids is 1. The summed E-state index contributed by atoms with van der Waals surface area (Å²) in [5.41, 5.74) is 1.04. The van der Waals surface area contributed by atoms with Gasteiger partial charge in [-0.15, -0.1) is 0 Å². The van der Waals surface area contributed by atoms with Gasteiger partial charge in [0.25, 0.3) is 5.56 Å². The molecule has 34 heavy (non-hydrogen) atoms. The van der Waals surface area contributed by atoms with E-state index in [2.05, 4.69) is 10.3 Å². The Bertz CT molecular complexity index is 1490. The number of ether oxygens (including phenoxy) is 2. The Kier molecular flexibility index (Phi) is 5.89. The highest BCUT2D eigenvalue weighted by molar-refractivity contribution is 8.00. The fraction of sp³-hybridized carbons (Fsp3) is 0.125. The van der Waals surface area contributed by atoms with Gasteiger partial charge in [-0.3, -0.25) is 14.2 Å². The van der Waals surface area contributed by atoms with Gasteiger partial charge in [-0.2, -0.15) is 0 Å². The molecular formula is C24H17ClFN3O4S. The first-order valence-corrected chi connectivity index (χ1v) is 11.5. The number of para-hydroxylation sites is 1. The summed E-state index contributed by atoms with van der Waals surface area (Å²) in [7, 11) is 0. The van der Waals surface area contributed by atoms with Gasteiger partial charge < -0.3 is 14.8 Å². The van der Waals surface area contributed by atoms with E-state index >= 15 is 0 Å². The smallest absolute Gasteiger partial charge is 0.266 e. The van der Waals surface area contributed by atoms with Crippen LogP contribution in [-0.2, 0) is 4.79 Å². The molecule has 1 N–H and O–H groups in total. The van der Waals surface area contributed by atoms with Crippen molar-refractivity contribution in [2.75, 3.05) is 12.1 Å². The minimum absolute atomic E-state index is 0.123. The van der Waals surface area contributed by atoms with Crippen LogP contribution in [0.2, 0.25) is 5.02 Å². The van der Waals surface area contributed by atoms with Gasteiger partial charge in [-0.25, -0.2) is 9.37 Å². The topological polar surface area (TPSA) is 82.5 Å². The van der Waals surface area contributed by atoms with Crippen molar-refractivity contribution in [2.24, 2.45) is 0 Å². The largest absolute Gasteiger partial charge is 0.454 e. The van der Waals surface area contributed by atoms with Crippen LogP contribution in [0.15, 0.2) is 70.6 Å². The maximum Gasteiger partial charge on any atom is 0.266 e. The predicted molar refractivity (Wildman–Crippen MR) is 129 cm³/mol. The van der Waals surface area contributed by atoms with E-state index in [1.54, 1.807) is 49.4 Å². The van der Waals surface area contributed by atoms with Crippen LogP contribution in [0.25, 0.3) is 16.6 Å². The van der Waals surface area contributed by atoms with Crippen LogP contribution in [0.3, 0.4) is 0 Å². The van der Waals surface area contributed by atoms with Crippen molar-refractivity contribution in [3.63, 3.8) is 0 Å². The first-order valence-electron chi connectivity index (χ1n) is 10.2. The van der Waals surface area contributed by atoms with E-state index in [1.807, 2.05) is 0 Å². The molecule has 1 aliphatic heterocycles. The summed E-state index contributed by atoms with van der Waals surface area (Å²) in [6.45, 7) is 1.84. The van der Waals surface area contributed by atoms with E-state index in [9.17, 15) is 14.0 Å². The summed E-state index contributed by atoms with van der Waals surface area (Å²) in [6, 6.07) is 16.0. The number of thioether (sulfide) groups is 1. The second kappa shape index (κ2) is 9.00. The minimum atomic E-state index is -0.624. The lowest BCUT2D eigenvalue weighted by atomic mass is 10.2. The van der Waals surface area contributed by atoms with Crippen LogP contribution < -0.4 is 20.3 Å². The molecule has 1 aliphatic rings. The number of anilines is 1. The fourth-order valence-corrected chi connectivity index (χ4v) is 4.57. The van der Waals surface area contributed by atoms with Crippen molar-refractivity contribution in [1.82, 2.24) is 9.55 Å². The van der Waals surface area contributed by atoms with Crippen LogP contribution in [0.5, 0.6) is 11.5 Å². The van der Waals surface area contributed by atoms with Gasteiger partial charge in [0.1, 0.15) is 5.82 Å². The zero-order valence-corrected chi connectivity index (χ0v) is 19.3. The number of carbonyl (C=O) groups is 1. The Morgan fingerprint density at radius 1 is 1.15 bits per heavy atom. The van der Waals surface area contributed by atoms with E-state index in [1.165, 1.54) is 22.8 Å². The van der Waals surface area contributed by atoms with Gasteiger partial charge in [0.15, 0.2) is 16.7 Å². The van der Waals surface area contributed by atoms with Crippen molar-refractivity contribution < 1.29 is 18.7 Å². The van der Waals surface area contributed by atoms with Gasteiger partial charge in [-0.05, 0) is 49.4 Å². The van der Waals surface area contributed by atoms with Crippen LogP contribution in [0.1, 0.15) is 6.92 Å². The number of nitrogens with zero attached hydrogens (tertiary/aromatic N) is 2. The molecule has 0 saturated heterocycles. The van der Waals surface area contributed by atoms with Crippen LogP contribution in [0.4, 0.5) is 10.1 Å². The van der Waals surface area contributed by atoms with Crippen molar-refractivity contribution in [1.29, 1.82) is 0 Å². The fourth-order valence-electron chi connectivity index (χ4n) is 3.47. The normalized spacial score (nSPS) is 13.1. The number of rotatable bonds is 5. The number of aromatic nitrogens is 2. The lowest BCUT2D eigenvalue weighted by molar-refractivity contribution is -0.115. The number of nitrogens with one attached hydrogen (secondary N) is 1. The van der Waals surface area contributed by atoms with E-state index in [-0.39, 0.29) is 28.4 Å². The lowest BCUT2D eigenvalue weighted by Crippen LogP contribution is -2.26. The molecule has 1 aromatic heterocycles. The number of halogens is 2. The minimum Gasteiger partial charge on any atom is -0.454 e. The zero-order chi connectivity index (χ0) is 23.8. The van der Waals surface area contributed by atoms with Crippen LogP contribution >= 0.6 is 23.4 Å². The Morgan fingerprint density at radius 2 is 1.94 bits per heavy atom. The summed E-state index contributed by atoms with van der Waals surface area (Å²) in [4.78, 5) is 30.9. The Morgan fingerprint density at radius 3 is 2.76 bits per heavy atom. The van der Waals surface area contributed by atoms with E-state index in [4.69, 9.17) is 21.1 Å². The molecule has 3 aromatic carbocycles. The molecular weight excluding hydrogens is 481 g/mol. The SMILES string of the molecule is C[C@H](Sc1nc2ccccc2c(=O)n1-c1ccc(F)c(Cl)c1)C(=O)Nc1ccc2c(c1)OCO2. The van der Waals surface area contributed by atoms with E-state index in [0.29, 0.717) is 33.8 Å². The highest BCUT2D eigenvalue weighted by atomic mass is 35.5. The first-order chi connectivity index (χ1) is 16.4. The summed E-state index contributed by atoms with van der Waals surface area (Å²) in [6.07, 6.45) is 0. The van der Waals surface area contributed by atoms with Crippen molar-refractivity contribution >= 4 is 45.9 Å². The highest BCUT2D eigenvalue weighted by Crippen LogP contribution is 2.34. The monoisotopic (exact) mass is 497 g/mol. The average molecular weight is 498 g/mol. The summed E-state index contributed by atoms with van der Waals surface area (Å²) in [5.74, 6) is 0.270. The van der Waals surface area contributed by atoms with Crippen molar-refractivity contribution in [3.05, 3.63) is 81.9 Å². The molecule has 10 heteroatoms. The number of fused-ring (bicyclic) bond motifs is 2. The molecule has 0 radical (unpaired) electrons. The van der Waals surface area contributed by atoms with Crippen molar-refractivity contribution in [2.45, 2.75) is 17.3 Å². The van der Waals surface area contributed by atoms with E-state index < -0.39 is 11.1 Å². The average Bonchev–Trinajstić information content (AvgIpc) is 3.29. The maximum atomic E-state index is 13.8. The molecule has 1 atom stereocenters. The molecule has 0 saturated carbocycles. The Hall–Kier alpha value is -3.56. The van der Waals surface area contributed by atoms with Crippen LogP contribution in [0, 0.1) is 5.82 Å². The molecule has 0 bridgehead atoms. The van der Waals surface area contributed by atoms with E-state index in [0.717, 1.165) is 11.8 Å². The molecule has 1 amide bonds. The molecule has 0 fully saturated rings. The second-order valence-electron chi connectivity index (χ2n) is 7.47. The second-order valence-corrected chi connectivity index (χ2v) is 9.18. The highest BCUT2D eigenvalue weighted by Gasteiger charge is 2.22. The standard InChI is InChI=1S/C24H17ClFN3O4S/c1-13(22(30)27-14-6-9-20-21(10-14)33-12-32-20)34-24-28-19-5-3-2-4-16(19)23(31)29(24)15-7-8-18(26)17(25)11-15/h2-11,13H,12H2,1H3,(H,27,30)/t13-/m0/s1. The number of benzene rings is 3. The molecule has 0 unspecified atom stereocenters. The molecule has 4 aromatic rings. The number of amides is 1. The summed E-state index contributed by atoms with van der Waals surface area (Å²) in [5, 5.41) is 2.76. The number of hydrogen-bond donors (Lipinski definition) is 1. The lowest BCUT2D eigenvalue weighted by Gasteiger charge is -2.17. The number of hydrogen-bond acceptors (Lipinski definition) is 6. The third kappa shape index (κ3) is 4.20. The predicted octanol–water partition coefficient (Wildman–Crippen LogP) is 5.03. The molecule has 0 aliphatic carbocycles. The van der Waals surface area contributed by atoms with Gasteiger partial charge in [0.05, 0.1) is 26.9 Å². The summed E-state index contributed by atoms with van der Waals surface area (Å²) < 4.78 is 25.7. The first kappa shape index (κ1) is 22.2. The maximum absolute atomic E-state index is 13.8. The van der Waals surface area contributed by atoms with Crippen molar-refractivity contribution in [3.8, 4) is 17.2 Å². The Labute approximate surface area is 202 Å². The molecule has 7 nitrogen and oxygen atoms in total. The molecule has 172 valence electrons. The molecule has 2 heterocycles. The van der Waals surface area contributed by atoms with Gasteiger partial charge in [0.2, 0.25) is 12.7 Å². The van der Waals surface area contributed by atoms with Gasteiger partial charge >= 0.3 is 0 Å². The summed E-state index contributed by atoms with van der Waals surface area (Å²) >= 11 is 7.08. The third-order valence-electron chi connectivity index (χ3n) is 5.20. The Balaban J connectivity index is 1.49. The quantitative estimate of drug-likeness (QED) is 0.308. The zero-order valence-electron chi connectivity index (χ0n) is 17.7.